The van der Waals surface area contributed by atoms with E-state index in [1.54, 1.807) is 48.5 Å². The van der Waals surface area contributed by atoms with Crippen LogP contribution in [0.4, 0.5) is 5.69 Å². The second-order valence-corrected chi connectivity index (χ2v) is 6.62. The first-order valence-electron chi connectivity index (χ1n) is 9.86. The van der Waals surface area contributed by atoms with Gasteiger partial charge in [-0.3, -0.25) is 9.59 Å². The van der Waals surface area contributed by atoms with Crippen molar-refractivity contribution in [2.45, 2.75) is 13.8 Å². The first kappa shape index (κ1) is 21.1. The summed E-state index contributed by atoms with van der Waals surface area (Å²) in [5.74, 6) is -0.393. The molecule has 1 heterocycles. The topological polar surface area (TPSA) is 105 Å². The maximum absolute atomic E-state index is 12.6. The quantitative estimate of drug-likeness (QED) is 0.562. The number of nitrogens with zero attached hydrogens (tertiary/aromatic N) is 5. The Morgan fingerprint density at radius 3 is 2.43 bits per heavy atom. The molecule has 156 valence electrons. The van der Waals surface area contributed by atoms with Crippen molar-refractivity contribution < 1.29 is 9.59 Å². The van der Waals surface area contributed by atoms with E-state index in [1.165, 1.54) is 11.0 Å². The first-order chi connectivity index (χ1) is 14.6. The third-order valence-corrected chi connectivity index (χ3v) is 4.73. The molecule has 1 aromatic heterocycles. The van der Waals surface area contributed by atoms with Crippen LogP contribution < -0.4 is 10.6 Å². The number of carbonyl (C=O) groups excluding carboxylic acids is 2. The van der Waals surface area contributed by atoms with Crippen LogP contribution in [0, 0.1) is 0 Å². The summed E-state index contributed by atoms with van der Waals surface area (Å²) in [5.41, 5.74) is 2.31. The summed E-state index contributed by atoms with van der Waals surface area (Å²) in [7, 11) is 0. The fourth-order valence-electron chi connectivity index (χ4n) is 2.95. The molecule has 0 atom stereocenters. The van der Waals surface area contributed by atoms with Crippen LogP contribution in [-0.2, 0) is 0 Å². The standard InChI is InChI=1S/C21H25N7O2/c1-3-27(4-2)13-12-22-20(29)16-8-10-18(11-9-16)24-21(30)17-6-5-7-19(14-17)28-15-23-25-26-28/h5-11,14-15H,3-4,12-13H2,1-2H3,(H,22,29)(H,24,30). The average Bonchev–Trinajstić information content (AvgIpc) is 3.32. The van der Waals surface area contributed by atoms with Gasteiger partial charge in [-0.1, -0.05) is 19.9 Å². The van der Waals surface area contributed by atoms with Gasteiger partial charge in [0.05, 0.1) is 5.69 Å². The normalized spacial score (nSPS) is 10.8. The highest BCUT2D eigenvalue weighted by atomic mass is 16.2. The van der Waals surface area contributed by atoms with E-state index in [0.29, 0.717) is 29.0 Å². The number of carbonyl (C=O) groups is 2. The van der Waals surface area contributed by atoms with E-state index in [4.69, 9.17) is 0 Å². The molecule has 0 fully saturated rings. The van der Waals surface area contributed by atoms with E-state index in [2.05, 4.69) is 44.9 Å². The van der Waals surface area contributed by atoms with Crippen LogP contribution in [0.25, 0.3) is 5.69 Å². The van der Waals surface area contributed by atoms with Crippen LogP contribution in [0.5, 0.6) is 0 Å². The Morgan fingerprint density at radius 2 is 1.77 bits per heavy atom. The predicted molar refractivity (Wildman–Crippen MR) is 114 cm³/mol. The van der Waals surface area contributed by atoms with Gasteiger partial charge in [0.1, 0.15) is 6.33 Å². The summed E-state index contributed by atoms with van der Waals surface area (Å²) in [5, 5.41) is 16.8. The first-order valence-corrected chi connectivity index (χ1v) is 9.86. The van der Waals surface area contributed by atoms with E-state index in [-0.39, 0.29) is 11.8 Å². The summed E-state index contributed by atoms with van der Waals surface area (Å²) in [6, 6.07) is 13.8. The Hall–Kier alpha value is -3.59. The maximum Gasteiger partial charge on any atom is 0.255 e. The molecule has 0 spiro atoms. The number of benzene rings is 2. The number of aromatic nitrogens is 4. The van der Waals surface area contributed by atoms with Crippen molar-refractivity contribution in [3.8, 4) is 5.69 Å². The molecule has 0 saturated carbocycles. The minimum Gasteiger partial charge on any atom is -0.351 e. The van der Waals surface area contributed by atoms with Crippen LogP contribution in [0.2, 0.25) is 0 Å². The molecule has 2 N–H and O–H groups in total. The molecule has 3 rings (SSSR count). The van der Waals surface area contributed by atoms with Crippen LogP contribution >= 0.6 is 0 Å². The number of likely N-dealkylation sites (N-methyl/N-ethyl adjacent to an activating group) is 1. The lowest BCUT2D eigenvalue weighted by molar-refractivity contribution is 0.0948. The van der Waals surface area contributed by atoms with Crippen molar-refractivity contribution in [3.63, 3.8) is 0 Å². The summed E-state index contributed by atoms with van der Waals surface area (Å²) < 4.78 is 1.48. The molecule has 0 aliphatic heterocycles. The third-order valence-electron chi connectivity index (χ3n) is 4.73. The van der Waals surface area contributed by atoms with Crippen LogP contribution in [0.3, 0.4) is 0 Å². The Balaban J connectivity index is 1.57. The largest absolute Gasteiger partial charge is 0.351 e. The van der Waals surface area contributed by atoms with Gasteiger partial charge in [-0.2, -0.15) is 0 Å². The molecular weight excluding hydrogens is 382 g/mol. The summed E-state index contributed by atoms with van der Waals surface area (Å²) in [4.78, 5) is 27.1. The smallest absolute Gasteiger partial charge is 0.255 e. The van der Waals surface area contributed by atoms with Crippen molar-refractivity contribution in [2.24, 2.45) is 0 Å². The van der Waals surface area contributed by atoms with Gasteiger partial charge >= 0.3 is 0 Å². The van der Waals surface area contributed by atoms with Crippen molar-refractivity contribution in [2.75, 3.05) is 31.5 Å². The Bertz CT molecular complexity index is 967. The van der Waals surface area contributed by atoms with Crippen molar-refractivity contribution in [1.82, 2.24) is 30.4 Å². The third kappa shape index (κ3) is 5.48. The second-order valence-electron chi connectivity index (χ2n) is 6.62. The van der Waals surface area contributed by atoms with Crippen molar-refractivity contribution >= 4 is 17.5 Å². The van der Waals surface area contributed by atoms with Crippen LogP contribution in [-0.4, -0.2) is 63.1 Å². The number of anilines is 1. The lowest BCUT2D eigenvalue weighted by atomic mass is 10.1. The fourth-order valence-corrected chi connectivity index (χ4v) is 2.95. The molecule has 0 radical (unpaired) electrons. The molecule has 0 aliphatic rings. The van der Waals surface area contributed by atoms with E-state index in [0.717, 1.165) is 19.6 Å². The molecule has 2 amide bonds. The van der Waals surface area contributed by atoms with E-state index >= 15 is 0 Å². The fraction of sp³-hybridized carbons (Fsp3) is 0.286. The minimum atomic E-state index is -0.263. The van der Waals surface area contributed by atoms with Gasteiger partial charge in [-0.15, -0.1) is 5.10 Å². The number of rotatable bonds is 9. The highest BCUT2D eigenvalue weighted by Crippen LogP contribution is 2.14. The van der Waals surface area contributed by atoms with Gasteiger partial charge in [-0.25, -0.2) is 4.68 Å². The van der Waals surface area contributed by atoms with E-state index in [9.17, 15) is 9.59 Å². The highest BCUT2D eigenvalue weighted by molar-refractivity contribution is 6.05. The predicted octanol–water partition coefficient (Wildman–Crippen LogP) is 1.99. The van der Waals surface area contributed by atoms with Crippen molar-refractivity contribution in [1.29, 1.82) is 0 Å². The molecule has 2 aromatic carbocycles. The molecule has 3 aromatic rings. The van der Waals surface area contributed by atoms with Gasteiger partial charge in [0.25, 0.3) is 11.8 Å². The molecular formula is C21H25N7O2. The van der Waals surface area contributed by atoms with Crippen LogP contribution in [0.15, 0.2) is 54.9 Å². The lowest BCUT2D eigenvalue weighted by Gasteiger charge is -2.18. The van der Waals surface area contributed by atoms with Gasteiger partial charge in [0.2, 0.25) is 0 Å². The van der Waals surface area contributed by atoms with Crippen molar-refractivity contribution in [3.05, 3.63) is 66.0 Å². The van der Waals surface area contributed by atoms with Gasteiger partial charge in [0, 0.05) is 29.9 Å². The van der Waals surface area contributed by atoms with Gasteiger partial charge < -0.3 is 15.5 Å². The minimum absolute atomic E-state index is 0.130. The molecule has 0 bridgehead atoms. The highest BCUT2D eigenvalue weighted by Gasteiger charge is 2.10. The zero-order valence-electron chi connectivity index (χ0n) is 17.1. The monoisotopic (exact) mass is 407 g/mol. The Labute approximate surface area is 175 Å². The average molecular weight is 407 g/mol. The number of tetrazole rings is 1. The molecule has 9 heteroatoms. The molecule has 30 heavy (non-hydrogen) atoms. The zero-order chi connectivity index (χ0) is 21.3. The summed E-state index contributed by atoms with van der Waals surface area (Å²) >= 11 is 0. The molecule has 9 nitrogen and oxygen atoms in total. The van der Waals surface area contributed by atoms with Gasteiger partial charge in [-0.05, 0) is 66.0 Å². The molecule has 0 unspecified atom stereocenters. The maximum atomic E-state index is 12.6. The van der Waals surface area contributed by atoms with Gasteiger partial charge in [0.15, 0.2) is 0 Å². The lowest BCUT2D eigenvalue weighted by Crippen LogP contribution is -2.34. The number of hydrogen-bond donors (Lipinski definition) is 2. The molecule has 0 aliphatic carbocycles. The summed E-state index contributed by atoms with van der Waals surface area (Å²) in [6.45, 7) is 7.52. The number of hydrogen-bond acceptors (Lipinski definition) is 6. The summed E-state index contributed by atoms with van der Waals surface area (Å²) in [6.07, 6.45) is 1.46. The molecule has 0 saturated heterocycles. The SMILES string of the molecule is CCN(CC)CCNC(=O)c1ccc(NC(=O)c2cccc(-n3cnnn3)c2)cc1. The number of nitrogens with one attached hydrogen (secondary N) is 2. The number of amides is 2. The second kappa shape index (κ2) is 10.3. The Morgan fingerprint density at radius 1 is 1.00 bits per heavy atom. The van der Waals surface area contributed by atoms with Crippen LogP contribution in [0.1, 0.15) is 34.6 Å². The van der Waals surface area contributed by atoms with E-state index < -0.39 is 0 Å². The Kier molecular flexibility index (Phi) is 7.23. The zero-order valence-corrected chi connectivity index (χ0v) is 17.1. The van der Waals surface area contributed by atoms with E-state index in [1.807, 2.05) is 0 Å².